The predicted molar refractivity (Wildman–Crippen MR) is 120 cm³/mol. The van der Waals surface area contributed by atoms with Gasteiger partial charge in [-0.25, -0.2) is 4.79 Å². The number of carbonyl (C=O) groups excluding carboxylic acids is 1. The molecule has 0 spiro atoms. The van der Waals surface area contributed by atoms with Gasteiger partial charge in [-0.2, -0.15) is 0 Å². The van der Waals surface area contributed by atoms with Gasteiger partial charge in [-0.05, 0) is 5.56 Å². The molecule has 0 radical (unpaired) electrons. The molecule has 0 aromatic heterocycles. The molecule has 0 bridgehead atoms. The second kappa shape index (κ2) is 11.5. The van der Waals surface area contributed by atoms with Crippen LogP contribution in [0.5, 0.6) is 0 Å². The summed E-state index contributed by atoms with van der Waals surface area (Å²) in [4.78, 5) is 16.6. The summed E-state index contributed by atoms with van der Waals surface area (Å²) < 4.78 is 10.6. The number of methoxy groups -OCH3 is 1. The van der Waals surface area contributed by atoms with Crippen molar-refractivity contribution in [3.05, 3.63) is 120 Å². The SMILES string of the molecule is COC(=O)/C=C\C(COCc1ccccc1)N=C(c1ccccc1)c1ccccc1. The average molecular weight is 399 g/mol. The minimum atomic E-state index is -0.417. The molecule has 3 aromatic carbocycles. The maximum Gasteiger partial charge on any atom is 0.330 e. The number of nitrogens with zero attached hydrogens (tertiary/aromatic N) is 1. The maximum atomic E-state index is 11.6. The summed E-state index contributed by atoms with van der Waals surface area (Å²) in [6.45, 7) is 0.816. The number of hydrogen-bond acceptors (Lipinski definition) is 4. The standard InChI is InChI=1S/C26H25NO3/c1-29-25(28)18-17-24(20-30-19-21-11-5-2-6-12-21)27-26(22-13-7-3-8-14-22)23-15-9-4-10-16-23/h2-18,24H,19-20H2,1H3/b18-17-. The zero-order valence-corrected chi connectivity index (χ0v) is 17.0. The quantitative estimate of drug-likeness (QED) is 0.294. The van der Waals surface area contributed by atoms with Crippen molar-refractivity contribution in [3.8, 4) is 0 Å². The van der Waals surface area contributed by atoms with Crippen molar-refractivity contribution in [1.29, 1.82) is 0 Å². The van der Waals surface area contributed by atoms with Gasteiger partial charge in [-0.15, -0.1) is 0 Å². The smallest absolute Gasteiger partial charge is 0.330 e. The van der Waals surface area contributed by atoms with Crippen LogP contribution in [0.1, 0.15) is 16.7 Å². The lowest BCUT2D eigenvalue weighted by Gasteiger charge is -2.14. The van der Waals surface area contributed by atoms with Gasteiger partial charge in [0, 0.05) is 17.2 Å². The highest BCUT2D eigenvalue weighted by atomic mass is 16.5. The Labute approximate surface area is 177 Å². The molecule has 1 unspecified atom stereocenters. The fourth-order valence-electron chi connectivity index (χ4n) is 2.94. The first-order valence-corrected chi connectivity index (χ1v) is 9.82. The Morgan fingerprint density at radius 1 is 0.867 bits per heavy atom. The Bertz CT molecular complexity index is 925. The van der Waals surface area contributed by atoms with Crippen LogP contribution in [0.25, 0.3) is 0 Å². The Morgan fingerprint density at radius 2 is 1.40 bits per heavy atom. The summed E-state index contributed by atoms with van der Waals surface area (Å²) >= 11 is 0. The van der Waals surface area contributed by atoms with Gasteiger partial charge in [0.15, 0.2) is 0 Å². The van der Waals surface area contributed by atoms with Crippen LogP contribution in [0.3, 0.4) is 0 Å². The lowest BCUT2D eigenvalue weighted by Crippen LogP contribution is -2.16. The van der Waals surface area contributed by atoms with Crippen molar-refractivity contribution in [3.63, 3.8) is 0 Å². The molecule has 3 rings (SSSR count). The lowest BCUT2D eigenvalue weighted by molar-refractivity contribution is -0.134. The van der Waals surface area contributed by atoms with Crippen LogP contribution < -0.4 is 0 Å². The fraction of sp³-hybridized carbons (Fsp3) is 0.154. The average Bonchev–Trinajstić information content (AvgIpc) is 2.82. The monoisotopic (exact) mass is 399 g/mol. The largest absolute Gasteiger partial charge is 0.466 e. The van der Waals surface area contributed by atoms with E-state index in [9.17, 15) is 4.79 Å². The van der Waals surface area contributed by atoms with E-state index in [0.29, 0.717) is 13.2 Å². The number of esters is 1. The zero-order chi connectivity index (χ0) is 21.0. The van der Waals surface area contributed by atoms with Crippen LogP contribution in [0.4, 0.5) is 0 Å². The predicted octanol–water partition coefficient (Wildman–Crippen LogP) is 4.84. The van der Waals surface area contributed by atoms with Crippen LogP contribution in [0.15, 0.2) is 108 Å². The van der Waals surface area contributed by atoms with E-state index in [-0.39, 0.29) is 6.04 Å². The van der Waals surface area contributed by atoms with E-state index in [1.807, 2.05) is 91.0 Å². The summed E-state index contributed by atoms with van der Waals surface area (Å²) in [6.07, 6.45) is 3.12. The molecule has 4 heteroatoms. The molecule has 1 atom stereocenters. The van der Waals surface area contributed by atoms with E-state index in [1.54, 1.807) is 6.08 Å². The van der Waals surface area contributed by atoms with Crippen LogP contribution >= 0.6 is 0 Å². The molecule has 0 aliphatic rings. The molecule has 0 heterocycles. The van der Waals surface area contributed by atoms with Gasteiger partial charge in [-0.1, -0.05) is 97.1 Å². The van der Waals surface area contributed by atoms with Crippen molar-refractivity contribution in [2.75, 3.05) is 13.7 Å². The molecule has 4 nitrogen and oxygen atoms in total. The minimum Gasteiger partial charge on any atom is -0.466 e. The normalized spacial score (nSPS) is 11.8. The molecular weight excluding hydrogens is 374 g/mol. The summed E-state index contributed by atoms with van der Waals surface area (Å²) in [5, 5.41) is 0. The molecule has 0 aliphatic carbocycles. The van der Waals surface area contributed by atoms with Crippen LogP contribution in [-0.2, 0) is 20.9 Å². The first kappa shape index (κ1) is 21.2. The topological polar surface area (TPSA) is 47.9 Å². The summed E-state index contributed by atoms with van der Waals surface area (Å²) in [7, 11) is 1.36. The molecule has 0 fully saturated rings. The van der Waals surface area contributed by atoms with Crippen LogP contribution in [0.2, 0.25) is 0 Å². The summed E-state index contributed by atoms with van der Waals surface area (Å²) in [5.74, 6) is -0.417. The number of ether oxygens (including phenoxy) is 2. The van der Waals surface area contributed by atoms with Gasteiger partial charge in [0.2, 0.25) is 0 Å². The van der Waals surface area contributed by atoms with Crippen LogP contribution in [-0.4, -0.2) is 31.4 Å². The molecule has 0 aliphatic heterocycles. The van der Waals surface area contributed by atoms with Gasteiger partial charge < -0.3 is 9.47 Å². The number of hydrogen-bond donors (Lipinski definition) is 0. The maximum absolute atomic E-state index is 11.6. The van der Waals surface area contributed by atoms with Gasteiger partial charge in [0.1, 0.15) is 0 Å². The van der Waals surface area contributed by atoms with Crippen molar-refractivity contribution >= 4 is 11.7 Å². The highest BCUT2D eigenvalue weighted by Gasteiger charge is 2.11. The highest BCUT2D eigenvalue weighted by Crippen LogP contribution is 2.14. The number of carbonyl (C=O) groups is 1. The molecule has 30 heavy (non-hydrogen) atoms. The third-order valence-corrected chi connectivity index (χ3v) is 4.45. The van der Waals surface area contributed by atoms with Crippen molar-refractivity contribution in [1.82, 2.24) is 0 Å². The second-order valence-electron chi connectivity index (χ2n) is 6.66. The van der Waals surface area contributed by atoms with Gasteiger partial charge >= 0.3 is 5.97 Å². The Hall–Kier alpha value is -3.50. The van der Waals surface area contributed by atoms with E-state index >= 15 is 0 Å². The van der Waals surface area contributed by atoms with E-state index in [0.717, 1.165) is 22.4 Å². The van der Waals surface area contributed by atoms with Crippen molar-refractivity contribution < 1.29 is 14.3 Å². The van der Waals surface area contributed by atoms with E-state index in [4.69, 9.17) is 14.5 Å². The minimum absolute atomic E-state index is 0.339. The molecule has 0 amide bonds. The molecule has 3 aromatic rings. The number of benzene rings is 3. The summed E-state index contributed by atoms with van der Waals surface area (Å²) in [6, 6.07) is 29.6. The molecular formula is C26H25NO3. The first-order valence-electron chi connectivity index (χ1n) is 9.82. The van der Waals surface area contributed by atoms with Gasteiger partial charge in [0.25, 0.3) is 0 Å². The molecule has 0 N–H and O–H groups in total. The molecule has 0 saturated heterocycles. The number of aliphatic imine (C=N–C) groups is 1. The Kier molecular flexibility index (Phi) is 8.12. The Morgan fingerprint density at radius 3 is 1.93 bits per heavy atom. The number of rotatable bonds is 9. The van der Waals surface area contributed by atoms with E-state index in [1.165, 1.54) is 13.2 Å². The molecule has 0 saturated carbocycles. The lowest BCUT2D eigenvalue weighted by atomic mass is 10.0. The van der Waals surface area contributed by atoms with Crippen molar-refractivity contribution in [2.24, 2.45) is 4.99 Å². The zero-order valence-electron chi connectivity index (χ0n) is 17.0. The molecule has 152 valence electrons. The van der Waals surface area contributed by atoms with E-state index < -0.39 is 5.97 Å². The third-order valence-electron chi connectivity index (χ3n) is 4.45. The van der Waals surface area contributed by atoms with Crippen LogP contribution in [0, 0.1) is 0 Å². The summed E-state index contributed by atoms with van der Waals surface area (Å²) in [5.41, 5.74) is 3.94. The Balaban J connectivity index is 1.87. The van der Waals surface area contributed by atoms with Crippen molar-refractivity contribution in [2.45, 2.75) is 12.6 Å². The second-order valence-corrected chi connectivity index (χ2v) is 6.66. The highest BCUT2D eigenvalue weighted by molar-refractivity contribution is 6.13. The van der Waals surface area contributed by atoms with E-state index in [2.05, 4.69) is 0 Å². The fourth-order valence-corrected chi connectivity index (χ4v) is 2.94. The third kappa shape index (κ3) is 6.54. The van der Waals surface area contributed by atoms with Gasteiger partial charge in [-0.3, -0.25) is 4.99 Å². The van der Waals surface area contributed by atoms with Gasteiger partial charge in [0.05, 0.1) is 32.1 Å². The first-order chi connectivity index (χ1) is 14.8.